The number of hydrogen-bond donors (Lipinski definition) is 1. The topological polar surface area (TPSA) is 27.7 Å². The van der Waals surface area contributed by atoms with Crippen LogP contribution in [0.1, 0.15) is 19.4 Å². The second-order valence-electron chi connectivity index (χ2n) is 6.13. The van der Waals surface area contributed by atoms with Gasteiger partial charge in [0.15, 0.2) is 0 Å². The minimum atomic E-state index is 0.513. The van der Waals surface area contributed by atoms with Gasteiger partial charge < -0.3 is 19.9 Å². The lowest BCUT2D eigenvalue weighted by Crippen LogP contribution is -2.31. The Bertz CT molecular complexity index is 376. The van der Waals surface area contributed by atoms with E-state index in [2.05, 4.69) is 74.4 Å². The Balaban J connectivity index is 2.23. The zero-order valence-electron chi connectivity index (χ0n) is 14.2. The third-order valence-corrected chi connectivity index (χ3v) is 3.31. The standard InChI is InChI=1S/C17H31N3O/c1-15(2)18-14-16-6-8-17(9-7-16)21-13-12-20(5)11-10-19(3)4/h6-9,15,18H,10-14H2,1-5H3. The van der Waals surface area contributed by atoms with E-state index in [0.29, 0.717) is 6.04 Å². The van der Waals surface area contributed by atoms with E-state index in [9.17, 15) is 0 Å². The molecule has 0 aliphatic carbocycles. The van der Waals surface area contributed by atoms with Gasteiger partial charge in [0.2, 0.25) is 0 Å². The molecule has 0 saturated carbocycles. The van der Waals surface area contributed by atoms with Crippen LogP contribution in [0.4, 0.5) is 0 Å². The molecule has 21 heavy (non-hydrogen) atoms. The summed E-state index contributed by atoms with van der Waals surface area (Å²) >= 11 is 0. The van der Waals surface area contributed by atoms with Crippen molar-refractivity contribution in [2.45, 2.75) is 26.4 Å². The molecule has 0 bridgehead atoms. The van der Waals surface area contributed by atoms with Crippen LogP contribution in [0.2, 0.25) is 0 Å². The van der Waals surface area contributed by atoms with Gasteiger partial charge in [-0.1, -0.05) is 26.0 Å². The summed E-state index contributed by atoms with van der Waals surface area (Å²) in [7, 11) is 6.33. The maximum atomic E-state index is 5.79. The van der Waals surface area contributed by atoms with Gasteiger partial charge in [0, 0.05) is 32.2 Å². The Hall–Kier alpha value is -1.10. The van der Waals surface area contributed by atoms with Crippen molar-refractivity contribution in [2.75, 3.05) is 47.4 Å². The van der Waals surface area contributed by atoms with Crippen molar-refractivity contribution in [1.29, 1.82) is 0 Å². The molecule has 120 valence electrons. The van der Waals surface area contributed by atoms with Gasteiger partial charge in [-0.15, -0.1) is 0 Å². The molecule has 1 aromatic rings. The van der Waals surface area contributed by atoms with Gasteiger partial charge >= 0.3 is 0 Å². The molecule has 0 aliphatic rings. The van der Waals surface area contributed by atoms with Crippen LogP contribution in [0.25, 0.3) is 0 Å². The lowest BCUT2D eigenvalue weighted by molar-refractivity contribution is 0.222. The number of ether oxygens (including phenoxy) is 1. The molecule has 1 aromatic carbocycles. The van der Waals surface area contributed by atoms with Crippen LogP contribution >= 0.6 is 0 Å². The zero-order chi connectivity index (χ0) is 15.7. The highest BCUT2D eigenvalue weighted by molar-refractivity contribution is 5.27. The number of nitrogens with zero attached hydrogens (tertiary/aromatic N) is 2. The van der Waals surface area contributed by atoms with Gasteiger partial charge in [-0.3, -0.25) is 0 Å². The smallest absolute Gasteiger partial charge is 0.119 e. The first-order valence-corrected chi connectivity index (χ1v) is 7.75. The minimum Gasteiger partial charge on any atom is -0.492 e. The van der Waals surface area contributed by atoms with Crippen LogP contribution in [-0.2, 0) is 6.54 Å². The van der Waals surface area contributed by atoms with E-state index in [0.717, 1.165) is 38.5 Å². The van der Waals surface area contributed by atoms with Gasteiger partial charge in [0.05, 0.1) is 0 Å². The predicted octanol–water partition coefficient (Wildman–Crippen LogP) is 2.06. The lowest BCUT2D eigenvalue weighted by atomic mass is 10.2. The van der Waals surface area contributed by atoms with E-state index in [1.807, 2.05) is 0 Å². The fourth-order valence-electron chi connectivity index (χ4n) is 1.83. The normalized spacial score (nSPS) is 11.6. The molecular weight excluding hydrogens is 262 g/mol. The summed E-state index contributed by atoms with van der Waals surface area (Å²) in [5, 5.41) is 3.41. The molecule has 4 heteroatoms. The quantitative estimate of drug-likeness (QED) is 0.714. The van der Waals surface area contributed by atoms with E-state index < -0.39 is 0 Å². The second-order valence-corrected chi connectivity index (χ2v) is 6.13. The van der Waals surface area contributed by atoms with E-state index in [-0.39, 0.29) is 0 Å². The van der Waals surface area contributed by atoms with Crippen molar-refractivity contribution in [1.82, 2.24) is 15.1 Å². The van der Waals surface area contributed by atoms with Crippen LogP contribution in [-0.4, -0.2) is 63.2 Å². The first-order valence-electron chi connectivity index (χ1n) is 7.75. The van der Waals surface area contributed by atoms with Crippen molar-refractivity contribution < 1.29 is 4.74 Å². The summed E-state index contributed by atoms with van der Waals surface area (Å²) in [5.41, 5.74) is 1.29. The average molecular weight is 293 g/mol. The van der Waals surface area contributed by atoms with Crippen molar-refractivity contribution in [3.63, 3.8) is 0 Å². The van der Waals surface area contributed by atoms with E-state index in [1.165, 1.54) is 5.56 Å². The van der Waals surface area contributed by atoms with Crippen LogP contribution in [0.5, 0.6) is 5.75 Å². The maximum absolute atomic E-state index is 5.79. The van der Waals surface area contributed by atoms with Crippen molar-refractivity contribution in [3.05, 3.63) is 29.8 Å². The predicted molar refractivity (Wildman–Crippen MR) is 90.0 cm³/mol. The summed E-state index contributed by atoms with van der Waals surface area (Å²) in [5.74, 6) is 0.948. The third-order valence-electron chi connectivity index (χ3n) is 3.31. The summed E-state index contributed by atoms with van der Waals surface area (Å²) < 4.78 is 5.79. The minimum absolute atomic E-state index is 0.513. The van der Waals surface area contributed by atoms with E-state index >= 15 is 0 Å². The van der Waals surface area contributed by atoms with Crippen molar-refractivity contribution in [2.24, 2.45) is 0 Å². The van der Waals surface area contributed by atoms with E-state index in [1.54, 1.807) is 0 Å². The second kappa shape index (κ2) is 9.77. The molecule has 0 radical (unpaired) electrons. The largest absolute Gasteiger partial charge is 0.492 e. The number of rotatable bonds is 10. The van der Waals surface area contributed by atoms with Crippen LogP contribution in [0, 0.1) is 0 Å². The van der Waals surface area contributed by atoms with Gasteiger partial charge in [-0.05, 0) is 38.8 Å². The fraction of sp³-hybridized carbons (Fsp3) is 0.647. The number of nitrogens with one attached hydrogen (secondary N) is 1. The summed E-state index contributed by atoms with van der Waals surface area (Å²) in [6, 6.07) is 8.87. The first kappa shape index (κ1) is 18.0. The Morgan fingerprint density at radius 1 is 1.00 bits per heavy atom. The molecule has 1 rings (SSSR count). The monoisotopic (exact) mass is 293 g/mol. The number of benzene rings is 1. The maximum Gasteiger partial charge on any atom is 0.119 e. The Labute approximate surface area is 130 Å². The highest BCUT2D eigenvalue weighted by Crippen LogP contribution is 2.12. The van der Waals surface area contributed by atoms with Crippen LogP contribution in [0.15, 0.2) is 24.3 Å². The number of hydrogen-bond acceptors (Lipinski definition) is 4. The SMILES string of the molecule is CC(C)NCc1ccc(OCCN(C)CCN(C)C)cc1. The van der Waals surface area contributed by atoms with Crippen molar-refractivity contribution >= 4 is 0 Å². The van der Waals surface area contributed by atoms with Crippen LogP contribution in [0.3, 0.4) is 0 Å². The molecule has 0 heterocycles. The summed E-state index contributed by atoms with van der Waals surface area (Å²) in [6.07, 6.45) is 0. The van der Waals surface area contributed by atoms with Gasteiger partial charge in [0.25, 0.3) is 0 Å². The molecule has 0 atom stereocenters. The Morgan fingerprint density at radius 3 is 2.24 bits per heavy atom. The molecule has 0 aliphatic heterocycles. The molecule has 0 spiro atoms. The molecule has 0 aromatic heterocycles. The number of likely N-dealkylation sites (N-methyl/N-ethyl adjacent to an activating group) is 2. The molecule has 1 N–H and O–H groups in total. The molecule has 0 saturated heterocycles. The molecular formula is C17H31N3O. The molecule has 0 unspecified atom stereocenters. The lowest BCUT2D eigenvalue weighted by Gasteiger charge is -2.19. The molecule has 4 nitrogen and oxygen atoms in total. The highest BCUT2D eigenvalue weighted by Gasteiger charge is 2.01. The average Bonchev–Trinajstić information content (AvgIpc) is 2.44. The highest BCUT2D eigenvalue weighted by atomic mass is 16.5. The van der Waals surface area contributed by atoms with E-state index in [4.69, 9.17) is 4.74 Å². The zero-order valence-corrected chi connectivity index (χ0v) is 14.2. The van der Waals surface area contributed by atoms with Gasteiger partial charge in [-0.2, -0.15) is 0 Å². The summed E-state index contributed by atoms with van der Waals surface area (Å²) in [6.45, 7) is 9.04. The van der Waals surface area contributed by atoms with Gasteiger partial charge in [0.1, 0.15) is 12.4 Å². The summed E-state index contributed by atoms with van der Waals surface area (Å²) in [4.78, 5) is 4.49. The fourth-order valence-corrected chi connectivity index (χ4v) is 1.83. The van der Waals surface area contributed by atoms with Crippen molar-refractivity contribution in [3.8, 4) is 5.75 Å². The third kappa shape index (κ3) is 8.71. The first-order chi connectivity index (χ1) is 9.97. The Morgan fingerprint density at radius 2 is 1.67 bits per heavy atom. The Kier molecular flexibility index (Phi) is 8.35. The van der Waals surface area contributed by atoms with Crippen LogP contribution < -0.4 is 10.1 Å². The molecule has 0 amide bonds. The molecule has 0 fully saturated rings. The van der Waals surface area contributed by atoms with Gasteiger partial charge in [-0.25, -0.2) is 0 Å².